The van der Waals surface area contributed by atoms with Gasteiger partial charge in [-0.25, -0.2) is 4.79 Å². The molecule has 0 bridgehead atoms. The van der Waals surface area contributed by atoms with Crippen LogP contribution in [0.4, 0.5) is 5.69 Å². The Hall–Kier alpha value is -4.40. The van der Waals surface area contributed by atoms with Gasteiger partial charge in [-0.3, -0.25) is 19.3 Å². The maximum Gasteiger partial charge on any atom is 0.353 e. The molecule has 3 rings (SSSR count). The van der Waals surface area contributed by atoms with E-state index in [0.717, 1.165) is 12.7 Å². The van der Waals surface area contributed by atoms with Gasteiger partial charge in [-0.15, -0.1) is 0 Å². The monoisotopic (exact) mass is 449 g/mol. The fourth-order valence-electron chi connectivity index (χ4n) is 3.50. The first-order valence-corrected chi connectivity index (χ1v) is 9.85. The van der Waals surface area contributed by atoms with Gasteiger partial charge in [0.05, 0.1) is 20.8 Å². The predicted molar refractivity (Wildman–Crippen MR) is 121 cm³/mol. The van der Waals surface area contributed by atoms with Gasteiger partial charge >= 0.3 is 5.97 Å². The average Bonchev–Trinajstić information content (AvgIpc) is 3.13. The van der Waals surface area contributed by atoms with Crippen molar-refractivity contribution in [3.63, 3.8) is 0 Å². The Morgan fingerprint density at radius 1 is 1.03 bits per heavy atom. The number of hydrogen-bond donors (Lipinski definition) is 2. The van der Waals surface area contributed by atoms with Crippen molar-refractivity contribution in [3.05, 3.63) is 72.1 Å². The summed E-state index contributed by atoms with van der Waals surface area (Å²) in [6.07, 6.45) is 0. The summed E-state index contributed by atoms with van der Waals surface area (Å²) in [5.74, 6) is -1.60. The molecule has 1 aliphatic heterocycles. The van der Waals surface area contributed by atoms with Gasteiger partial charge in [0.1, 0.15) is 17.1 Å². The number of hydrogen-bond acceptors (Lipinski definition) is 6. The third-order valence-corrected chi connectivity index (χ3v) is 5.06. The topological polar surface area (TPSA) is 114 Å². The number of ether oxygens (including phenoxy) is 2. The second kappa shape index (κ2) is 9.39. The Labute approximate surface area is 190 Å². The molecule has 3 amide bonds. The van der Waals surface area contributed by atoms with Crippen LogP contribution in [-0.4, -0.2) is 42.8 Å². The van der Waals surface area contributed by atoms with E-state index in [1.165, 1.54) is 18.9 Å². The van der Waals surface area contributed by atoms with Crippen LogP contribution in [0.25, 0.3) is 11.1 Å². The van der Waals surface area contributed by atoms with Crippen LogP contribution in [0.2, 0.25) is 0 Å². The van der Waals surface area contributed by atoms with Crippen LogP contribution in [0.3, 0.4) is 0 Å². The average molecular weight is 449 g/mol. The van der Waals surface area contributed by atoms with Gasteiger partial charge in [-0.2, -0.15) is 0 Å². The minimum atomic E-state index is -0.804. The Balaban J connectivity index is 1.93. The molecular weight excluding hydrogens is 426 g/mol. The predicted octanol–water partition coefficient (Wildman–Crippen LogP) is 2.59. The normalized spacial score (nSPS) is 12.0. The number of nitrogens with zero attached hydrogens (tertiary/aromatic N) is 1. The number of anilines is 1. The summed E-state index contributed by atoms with van der Waals surface area (Å²) in [5, 5.41) is 4.99. The van der Waals surface area contributed by atoms with Crippen molar-refractivity contribution < 1.29 is 28.7 Å². The van der Waals surface area contributed by atoms with Gasteiger partial charge in [0, 0.05) is 23.7 Å². The Kier molecular flexibility index (Phi) is 6.62. The molecule has 1 heterocycles. The Morgan fingerprint density at radius 2 is 1.70 bits per heavy atom. The van der Waals surface area contributed by atoms with Gasteiger partial charge in [0.25, 0.3) is 11.8 Å². The molecule has 9 nitrogen and oxygen atoms in total. The molecule has 2 aromatic rings. The number of esters is 1. The van der Waals surface area contributed by atoms with Crippen LogP contribution in [0.1, 0.15) is 22.8 Å². The zero-order chi connectivity index (χ0) is 24.3. The SMILES string of the molecule is C=C(NC(=O)C(=C)N1Cc2c(ccc(OC)c2-c2ccc(NC(C)=O)cc2)C1=O)C(=O)OC. The summed E-state index contributed by atoms with van der Waals surface area (Å²) in [7, 11) is 2.68. The second-order valence-corrected chi connectivity index (χ2v) is 7.19. The lowest BCUT2D eigenvalue weighted by molar-refractivity contribution is -0.137. The fourth-order valence-corrected chi connectivity index (χ4v) is 3.50. The minimum absolute atomic E-state index is 0.0745. The van der Waals surface area contributed by atoms with Crippen LogP contribution in [-0.2, 0) is 25.7 Å². The van der Waals surface area contributed by atoms with E-state index in [-0.39, 0.29) is 23.8 Å². The van der Waals surface area contributed by atoms with E-state index in [1.807, 2.05) is 0 Å². The smallest absolute Gasteiger partial charge is 0.353 e. The van der Waals surface area contributed by atoms with Crippen LogP contribution in [0.15, 0.2) is 61.0 Å². The maximum atomic E-state index is 13.1. The zero-order valence-electron chi connectivity index (χ0n) is 18.5. The largest absolute Gasteiger partial charge is 0.496 e. The van der Waals surface area contributed by atoms with Crippen LogP contribution in [0, 0.1) is 0 Å². The Bertz CT molecular complexity index is 1180. The van der Waals surface area contributed by atoms with E-state index in [0.29, 0.717) is 28.1 Å². The number of fused-ring (bicyclic) bond motifs is 1. The molecule has 2 N–H and O–H groups in total. The highest BCUT2D eigenvalue weighted by Crippen LogP contribution is 2.40. The van der Waals surface area contributed by atoms with Gasteiger partial charge in [-0.05, 0) is 35.4 Å². The van der Waals surface area contributed by atoms with Gasteiger partial charge < -0.3 is 20.1 Å². The van der Waals surface area contributed by atoms with Crippen molar-refractivity contribution in [1.29, 1.82) is 0 Å². The van der Waals surface area contributed by atoms with E-state index in [2.05, 4.69) is 28.5 Å². The lowest BCUT2D eigenvalue weighted by Gasteiger charge is -2.18. The van der Waals surface area contributed by atoms with Gasteiger partial charge in [-0.1, -0.05) is 25.3 Å². The molecule has 0 radical (unpaired) electrons. The van der Waals surface area contributed by atoms with Gasteiger partial charge in [0.15, 0.2) is 0 Å². The molecule has 0 unspecified atom stereocenters. The van der Waals surface area contributed by atoms with E-state index in [1.54, 1.807) is 36.4 Å². The summed E-state index contributed by atoms with van der Waals surface area (Å²) in [6.45, 7) is 8.66. The number of rotatable bonds is 7. The minimum Gasteiger partial charge on any atom is -0.496 e. The highest BCUT2D eigenvalue weighted by Gasteiger charge is 2.35. The second-order valence-electron chi connectivity index (χ2n) is 7.19. The third-order valence-electron chi connectivity index (χ3n) is 5.06. The lowest BCUT2D eigenvalue weighted by atomic mass is 9.95. The van der Waals surface area contributed by atoms with Crippen molar-refractivity contribution >= 4 is 29.4 Å². The molecule has 0 spiro atoms. The quantitative estimate of drug-likeness (QED) is 0.496. The third kappa shape index (κ3) is 4.62. The number of nitrogens with one attached hydrogen (secondary N) is 2. The molecule has 0 saturated carbocycles. The number of carbonyl (C=O) groups is 4. The lowest BCUT2D eigenvalue weighted by Crippen LogP contribution is -2.36. The summed E-state index contributed by atoms with van der Waals surface area (Å²) >= 11 is 0. The number of methoxy groups -OCH3 is 2. The Morgan fingerprint density at radius 3 is 2.27 bits per heavy atom. The molecule has 170 valence electrons. The van der Waals surface area contributed by atoms with Crippen molar-refractivity contribution in [2.45, 2.75) is 13.5 Å². The summed E-state index contributed by atoms with van der Waals surface area (Å²) in [6, 6.07) is 10.4. The van der Waals surface area contributed by atoms with Crippen molar-refractivity contribution in [2.75, 3.05) is 19.5 Å². The number of benzene rings is 2. The molecule has 9 heteroatoms. The van der Waals surface area contributed by atoms with Gasteiger partial charge in [0.2, 0.25) is 5.91 Å². The van der Waals surface area contributed by atoms with Crippen molar-refractivity contribution in [3.8, 4) is 16.9 Å². The van der Waals surface area contributed by atoms with E-state index >= 15 is 0 Å². The first-order chi connectivity index (χ1) is 15.7. The highest BCUT2D eigenvalue weighted by molar-refractivity contribution is 6.08. The molecule has 0 saturated heterocycles. The van der Waals surface area contributed by atoms with Crippen molar-refractivity contribution in [1.82, 2.24) is 10.2 Å². The molecule has 0 atom stereocenters. The number of amides is 3. The molecule has 0 fully saturated rings. The van der Waals surface area contributed by atoms with E-state index < -0.39 is 17.8 Å². The van der Waals surface area contributed by atoms with E-state index in [4.69, 9.17) is 4.74 Å². The van der Waals surface area contributed by atoms with Crippen molar-refractivity contribution in [2.24, 2.45) is 0 Å². The first kappa shape index (κ1) is 23.3. The molecular formula is C24H23N3O6. The highest BCUT2D eigenvalue weighted by atomic mass is 16.5. The molecule has 0 aromatic heterocycles. The standard InChI is InChI=1S/C24H23N3O6/c1-13(24(31)33-5)25-22(29)14(2)27-12-19-18(23(27)30)10-11-20(32-4)21(19)16-6-8-17(9-7-16)26-15(3)28/h6-11H,1-2,12H2,3-5H3,(H,25,29)(H,26,28). The first-order valence-electron chi connectivity index (χ1n) is 9.85. The fraction of sp³-hybridized carbons (Fsp3) is 0.167. The maximum absolute atomic E-state index is 13.1. The summed E-state index contributed by atoms with van der Waals surface area (Å²) in [5.41, 5.74) is 2.73. The number of carbonyl (C=O) groups excluding carboxylic acids is 4. The molecule has 1 aliphatic rings. The molecule has 33 heavy (non-hydrogen) atoms. The molecule has 0 aliphatic carbocycles. The molecule has 2 aromatic carbocycles. The van der Waals surface area contributed by atoms with Crippen LogP contribution >= 0.6 is 0 Å². The van der Waals surface area contributed by atoms with E-state index in [9.17, 15) is 19.2 Å². The van der Waals surface area contributed by atoms with Crippen LogP contribution in [0.5, 0.6) is 5.75 Å². The zero-order valence-corrected chi connectivity index (χ0v) is 18.5. The van der Waals surface area contributed by atoms with Crippen LogP contribution < -0.4 is 15.4 Å². The summed E-state index contributed by atoms with van der Waals surface area (Å²) < 4.78 is 10.0. The summed E-state index contributed by atoms with van der Waals surface area (Å²) in [4.78, 5) is 49.6.